The third-order valence-electron chi connectivity index (χ3n) is 2.74. The molecule has 0 saturated carbocycles. The van der Waals surface area contributed by atoms with Crippen molar-refractivity contribution >= 4 is 10.0 Å². The van der Waals surface area contributed by atoms with E-state index in [1.807, 2.05) is 26.8 Å². The van der Waals surface area contributed by atoms with Crippen molar-refractivity contribution < 1.29 is 13.5 Å². The van der Waals surface area contributed by atoms with Crippen LogP contribution in [0.25, 0.3) is 0 Å². The van der Waals surface area contributed by atoms with Crippen LogP contribution in [0.3, 0.4) is 0 Å². The summed E-state index contributed by atoms with van der Waals surface area (Å²) in [5.74, 6) is -0.0216. The fourth-order valence-corrected chi connectivity index (χ4v) is 2.93. The monoisotopic (exact) mass is 300 g/mol. The van der Waals surface area contributed by atoms with Crippen LogP contribution in [0.15, 0.2) is 24.4 Å². The summed E-state index contributed by atoms with van der Waals surface area (Å²) < 4.78 is 26.1. The van der Waals surface area contributed by atoms with Gasteiger partial charge in [0.2, 0.25) is 10.0 Å². The van der Waals surface area contributed by atoms with E-state index < -0.39 is 16.1 Å². The Bertz CT molecular complexity index is 495. The zero-order chi connectivity index (χ0) is 15.2. The molecule has 0 saturated heterocycles. The van der Waals surface area contributed by atoms with Gasteiger partial charge in [-0.1, -0.05) is 26.8 Å². The quantitative estimate of drug-likeness (QED) is 0.796. The molecule has 0 aliphatic carbocycles. The average Bonchev–Trinajstić information content (AvgIpc) is 2.34. The Hall–Kier alpha value is -0.980. The number of hydrogen-bond acceptors (Lipinski definition) is 4. The minimum atomic E-state index is -3.38. The van der Waals surface area contributed by atoms with Crippen molar-refractivity contribution in [2.24, 2.45) is 5.41 Å². The van der Waals surface area contributed by atoms with Gasteiger partial charge in [0, 0.05) is 24.9 Å². The third kappa shape index (κ3) is 7.57. The fraction of sp³-hybridized carbons (Fsp3) is 0.643. The molecular weight excluding hydrogens is 276 g/mol. The van der Waals surface area contributed by atoms with Crippen LogP contribution in [0.5, 0.6) is 0 Å². The standard InChI is InChI=1S/C14H24N2O3S/c1-14(2,3)10-13(17)11-16-20(18,19)9-7-12-6-4-5-8-15-12/h4-6,8,13,16-17H,7,9-11H2,1-3H3. The Morgan fingerprint density at radius 2 is 2.05 bits per heavy atom. The molecule has 2 N–H and O–H groups in total. The number of aliphatic hydroxyl groups is 1. The second-order valence-electron chi connectivity index (χ2n) is 6.16. The normalized spacial score (nSPS) is 14.2. The van der Waals surface area contributed by atoms with E-state index in [4.69, 9.17) is 0 Å². The molecule has 20 heavy (non-hydrogen) atoms. The van der Waals surface area contributed by atoms with Crippen LogP contribution in [-0.4, -0.2) is 36.9 Å². The molecule has 1 aromatic rings. The predicted molar refractivity (Wildman–Crippen MR) is 79.8 cm³/mol. The second-order valence-corrected chi connectivity index (χ2v) is 8.08. The van der Waals surface area contributed by atoms with Gasteiger partial charge in [-0.15, -0.1) is 0 Å². The lowest BCUT2D eigenvalue weighted by Gasteiger charge is -2.22. The highest BCUT2D eigenvalue weighted by molar-refractivity contribution is 7.89. The number of nitrogens with one attached hydrogen (secondary N) is 1. The van der Waals surface area contributed by atoms with Crippen molar-refractivity contribution in [3.8, 4) is 0 Å². The summed E-state index contributed by atoms with van der Waals surface area (Å²) in [6.45, 7) is 6.07. The molecule has 1 unspecified atom stereocenters. The van der Waals surface area contributed by atoms with Gasteiger partial charge in [-0.2, -0.15) is 0 Å². The first-order valence-electron chi connectivity index (χ1n) is 6.73. The Kier molecular flexibility index (Phi) is 6.10. The van der Waals surface area contributed by atoms with Gasteiger partial charge in [-0.25, -0.2) is 13.1 Å². The van der Waals surface area contributed by atoms with Gasteiger partial charge in [0.25, 0.3) is 0 Å². The lowest BCUT2D eigenvalue weighted by molar-refractivity contribution is 0.125. The number of rotatable bonds is 7. The molecular formula is C14H24N2O3S. The van der Waals surface area contributed by atoms with E-state index in [-0.39, 0.29) is 17.7 Å². The molecule has 0 aliphatic rings. The van der Waals surface area contributed by atoms with E-state index in [9.17, 15) is 13.5 Å². The van der Waals surface area contributed by atoms with E-state index in [2.05, 4.69) is 9.71 Å². The highest BCUT2D eigenvalue weighted by Crippen LogP contribution is 2.20. The van der Waals surface area contributed by atoms with Gasteiger partial charge in [0.05, 0.1) is 11.9 Å². The summed E-state index contributed by atoms with van der Waals surface area (Å²) in [6, 6.07) is 5.42. The molecule has 1 heterocycles. The van der Waals surface area contributed by atoms with Crippen molar-refractivity contribution in [2.75, 3.05) is 12.3 Å². The number of aliphatic hydroxyl groups excluding tert-OH is 1. The maximum absolute atomic E-state index is 11.8. The summed E-state index contributed by atoms with van der Waals surface area (Å²) in [5.41, 5.74) is 0.715. The molecule has 0 spiro atoms. The van der Waals surface area contributed by atoms with E-state index >= 15 is 0 Å². The van der Waals surface area contributed by atoms with Crippen molar-refractivity contribution in [3.05, 3.63) is 30.1 Å². The highest BCUT2D eigenvalue weighted by Gasteiger charge is 2.19. The average molecular weight is 300 g/mol. The predicted octanol–water partition coefficient (Wildman–Crippen LogP) is 1.34. The Balaban J connectivity index is 2.38. The fourth-order valence-electron chi connectivity index (χ4n) is 1.86. The van der Waals surface area contributed by atoms with Crippen LogP contribution in [0.4, 0.5) is 0 Å². The minimum absolute atomic E-state index is 0.0216. The third-order valence-corrected chi connectivity index (χ3v) is 4.09. The van der Waals surface area contributed by atoms with Gasteiger partial charge >= 0.3 is 0 Å². The maximum atomic E-state index is 11.8. The molecule has 0 radical (unpaired) electrons. The summed E-state index contributed by atoms with van der Waals surface area (Å²) in [6.07, 6.45) is 1.89. The van der Waals surface area contributed by atoms with E-state index in [1.165, 1.54) is 0 Å². The van der Waals surface area contributed by atoms with Crippen LogP contribution in [-0.2, 0) is 16.4 Å². The molecule has 1 rings (SSSR count). The van der Waals surface area contributed by atoms with Crippen molar-refractivity contribution in [2.45, 2.75) is 39.7 Å². The van der Waals surface area contributed by atoms with E-state index in [1.54, 1.807) is 18.3 Å². The minimum Gasteiger partial charge on any atom is -0.392 e. The van der Waals surface area contributed by atoms with Gasteiger partial charge < -0.3 is 5.11 Å². The zero-order valence-electron chi connectivity index (χ0n) is 12.3. The summed E-state index contributed by atoms with van der Waals surface area (Å²) in [7, 11) is -3.38. The molecule has 6 heteroatoms. The van der Waals surface area contributed by atoms with E-state index in [0.717, 1.165) is 5.69 Å². The first-order valence-corrected chi connectivity index (χ1v) is 8.38. The molecule has 0 fully saturated rings. The lowest BCUT2D eigenvalue weighted by Crippen LogP contribution is -2.35. The molecule has 114 valence electrons. The summed E-state index contributed by atoms with van der Waals surface area (Å²) in [5, 5.41) is 9.79. The number of hydrogen-bond donors (Lipinski definition) is 2. The second kappa shape index (κ2) is 7.15. The number of aryl methyl sites for hydroxylation is 1. The summed E-state index contributed by atoms with van der Waals surface area (Å²) >= 11 is 0. The maximum Gasteiger partial charge on any atom is 0.212 e. The highest BCUT2D eigenvalue weighted by atomic mass is 32.2. The number of pyridine rings is 1. The smallest absolute Gasteiger partial charge is 0.212 e. The molecule has 5 nitrogen and oxygen atoms in total. The van der Waals surface area contributed by atoms with Gasteiger partial charge in [0.1, 0.15) is 0 Å². The Labute approximate surface area is 121 Å². The van der Waals surface area contributed by atoms with Crippen LogP contribution in [0.1, 0.15) is 32.9 Å². The van der Waals surface area contributed by atoms with Gasteiger partial charge in [0.15, 0.2) is 0 Å². The van der Waals surface area contributed by atoms with Crippen LogP contribution in [0, 0.1) is 5.41 Å². The SMILES string of the molecule is CC(C)(C)CC(O)CNS(=O)(=O)CCc1ccccn1. The number of nitrogens with zero attached hydrogens (tertiary/aromatic N) is 1. The first kappa shape index (κ1) is 17.1. The number of aromatic nitrogens is 1. The topological polar surface area (TPSA) is 79.3 Å². The summed E-state index contributed by atoms with van der Waals surface area (Å²) in [4.78, 5) is 4.08. The molecule has 1 atom stereocenters. The number of sulfonamides is 1. The molecule has 0 aliphatic heterocycles. The van der Waals surface area contributed by atoms with Crippen molar-refractivity contribution in [1.29, 1.82) is 0 Å². The first-order chi connectivity index (χ1) is 9.18. The van der Waals surface area contributed by atoms with Crippen LogP contribution < -0.4 is 4.72 Å². The van der Waals surface area contributed by atoms with Crippen molar-refractivity contribution in [1.82, 2.24) is 9.71 Å². The van der Waals surface area contributed by atoms with Gasteiger partial charge in [-0.3, -0.25) is 4.98 Å². The molecule has 0 bridgehead atoms. The van der Waals surface area contributed by atoms with Gasteiger partial charge in [-0.05, 0) is 24.0 Å². The molecule has 1 aromatic heterocycles. The zero-order valence-corrected chi connectivity index (χ0v) is 13.2. The Morgan fingerprint density at radius 1 is 1.35 bits per heavy atom. The van der Waals surface area contributed by atoms with Crippen LogP contribution in [0.2, 0.25) is 0 Å². The van der Waals surface area contributed by atoms with Crippen LogP contribution >= 0.6 is 0 Å². The molecule has 0 aromatic carbocycles. The lowest BCUT2D eigenvalue weighted by atomic mass is 9.89. The Morgan fingerprint density at radius 3 is 2.60 bits per heavy atom. The van der Waals surface area contributed by atoms with Crippen molar-refractivity contribution in [3.63, 3.8) is 0 Å². The van der Waals surface area contributed by atoms with E-state index in [0.29, 0.717) is 12.8 Å². The molecule has 0 amide bonds. The largest absolute Gasteiger partial charge is 0.392 e.